The first-order valence-corrected chi connectivity index (χ1v) is 6.18. The van der Waals surface area contributed by atoms with E-state index in [0.29, 0.717) is 5.75 Å². The van der Waals surface area contributed by atoms with Gasteiger partial charge in [0.25, 0.3) is 0 Å². The molecule has 1 atom stereocenters. The van der Waals surface area contributed by atoms with Crippen molar-refractivity contribution in [3.05, 3.63) is 53.6 Å². The van der Waals surface area contributed by atoms with Crippen molar-refractivity contribution in [2.45, 2.75) is 19.4 Å². The molecule has 0 radical (unpaired) electrons. The molecule has 1 unspecified atom stereocenters. The van der Waals surface area contributed by atoms with Crippen LogP contribution in [0.3, 0.4) is 0 Å². The van der Waals surface area contributed by atoms with E-state index in [2.05, 4.69) is 22.3 Å². The molecule has 0 fully saturated rings. The Kier molecular flexibility index (Phi) is 4.43. The van der Waals surface area contributed by atoms with Crippen molar-refractivity contribution in [2.75, 3.05) is 7.11 Å². The van der Waals surface area contributed by atoms with Crippen LogP contribution in [0.25, 0.3) is 0 Å². The highest BCUT2D eigenvalue weighted by molar-refractivity contribution is 5.37. The molecule has 0 aliphatic rings. The van der Waals surface area contributed by atoms with Crippen molar-refractivity contribution in [1.82, 2.24) is 15.4 Å². The maximum Gasteiger partial charge on any atom is 0.137 e. The third-order valence-corrected chi connectivity index (χ3v) is 3.10. The summed E-state index contributed by atoms with van der Waals surface area (Å²) in [5.74, 6) is 6.43. The molecule has 2 aromatic rings. The van der Waals surface area contributed by atoms with Crippen LogP contribution in [-0.2, 0) is 6.42 Å². The van der Waals surface area contributed by atoms with Crippen LogP contribution in [-0.4, -0.2) is 17.1 Å². The van der Waals surface area contributed by atoms with E-state index in [1.165, 1.54) is 0 Å². The van der Waals surface area contributed by atoms with E-state index >= 15 is 0 Å². The lowest BCUT2D eigenvalue weighted by Gasteiger charge is -2.19. The van der Waals surface area contributed by atoms with Crippen molar-refractivity contribution in [3.8, 4) is 5.75 Å². The molecule has 0 saturated carbocycles. The first kappa shape index (κ1) is 13.5. The quantitative estimate of drug-likeness (QED) is 0.629. The number of nitrogens with two attached hydrogens (primary N) is 1. The number of nitrogens with one attached hydrogen (secondary N) is 1. The zero-order chi connectivity index (χ0) is 13.7. The number of hydrogen-bond acceptors (Lipinski definition) is 5. The monoisotopic (exact) mass is 258 g/mol. The molecule has 100 valence electrons. The van der Waals surface area contributed by atoms with Gasteiger partial charge in [-0.1, -0.05) is 6.92 Å². The van der Waals surface area contributed by atoms with E-state index < -0.39 is 0 Å². The number of hydrazine groups is 1. The van der Waals surface area contributed by atoms with Crippen LogP contribution in [0.2, 0.25) is 0 Å². The topological polar surface area (TPSA) is 73.1 Å². The van der Waals surface area contributed by atoms with Crippen molar-refractivity contribution >= 4 is 0 Å². The Bertz CT molecular complexity index is 544. The van der Waals surface area contributed by atoms with E-state index in [1.54, 1.807) is 25.7 Å². The van der Waals surface area contributed by atoms with Gasteiger partial charge in [0.1, 0.15) is 5.75 Å². The van der Waals surface area contributed by atoms with Gasteiger partial charge in [-0.05, 0) is 35.2 Å². The van der Waals surface area contributed by atoms with Gasteiger partial charge in [0.05, 0.1) is 19.3 Å². The molecule has 2 rings (SSSR count). The zero-order valence-electron chi connectivity index (χ0n) is 11.1. The predicted octanol–water partition coefficient (Wildman–Crippen LogP) is 1.60. The highest BCUT2D eigenvalue weighted by atomic mass is 16.5. The summed E-state index contributed by atoms with van der Waals surface area (Å²) in [6.45, 7) is 2.10. The summed E-state index contributed by atoms with van der Waals surface area (Å²) in [5, 5.41) is 0. The molecule has 3 N–H and O–H groups in total. The summed E-state index contributed by atoms with van der Waals surface area (Å²) in [4.78, 5) is 8.32. The average molecular weight is 258 g/mol. The SMILES string of the molecule is CCc1cnccc1C(NN)c1cncc(OC)c1. The third kappa shape index (κ3) is 2.89. The van der Waals surface area contributed by atoms with Crippen molar-refractivity contribution in [3.63, 3.8) is 0 Å². The number of methoxy groups -OCH3 is 1. The van der Waals surface area contributed by atoms with E-state index in [-0.39, 0.29) is 6.04 Å². The standard InChI is InChI=1S/C14H18N4O/c1-3-10-7-16-5-4-13(10)14(18-15)11-6-12(19-2)9-17-8-11/h4-9,14,18H,3,15H2,1-2H3. The van der Waals surface area contributed by atoms with Gasteiger partial charge in [-0.3, -0.25) is 15.8 Å². The molecule has 0 aliphatic carbocycles. The fourth-order valence-corrected chi connectivity index (χ4v) is 2.09. The molecule has 0 aromatic carbocycles. The summed E-state index contributed by atoms with van der Waals surface area (Å²) in [6, 6.07) is 3.78. The summed E-state index contributed by atoms with van der Waals surface area (Å²) in [5.41, 5.74) is 6.07. The lowest BCUT2D eigenvalue weighted by Crippen LogP contribution is -2.29. The average Bonchev–Trinajstić information content (AvgIpc) is 2.49. The molecule has 0 saturated heterocycles. The maximum absolute atomic E-state index is 5.71. The molecular formula is C14H18N4O. The second-order valence-corrected chi connectivity index (χ2v) is 4.19. The van der Waals surface area contributed by atoms with Gasteiger partial charge in [0.2, 0.25) is 0 Å². The largest absolute Gasteiger partial charge is 0.495 e. The smallest absolute Gasteiger partial charge is 0.137 e. The van der Waals surface area contributed by atoms with E-state index in [9.17, 15) is 0 Å². The maximum atomic E-state index is 5.71. The van der Waals surface area contributed by atoms with Crippen LogP contribution in [0.15, 0.2) is 36.9 Å². The van der Waals surface area contributed by atoms with Crippen molar-refractivity contribution < 1.29 is 4.74 Å². The molecule has 2 aromatic heterocycles. The molecule has 2 heterocycles. The number of pyridine rings is 2. The zero-order valence-corrected chi connectivity index (χ0v) is 11.1. The van der Waals surface area contributed by atoms with Gasteiger partial charge in [-0.15, -0.1) is 0 Å². The van der Waals surface area contributed by atoms with Crippen LogP contribution in [0.4, 0.5) is 0 Å². The van der Waals surface area contributed by atoms with Crippen LogP contribution in [0, 0.1) is 0 Å². The Balaban J connectivity index is 2.43. The molecule has 0 spiro atoms. The van der Waals surface area contributed by atoms with Gasteiger partial charge in [0.15, 0.2) is 0 Å². The molecule has 19 heavy (non-hydrogen) atoms. The fourth-order valence-electron chi connectivity index (χ4n) is 2.09. The Morgan fingerprint density at radius 2 is 2.16 bits per heavy atom. The summed E-state index contributed by atoms with van der Waals surface area (Å²) >= 11 is 0. The molecule has 0 bridgehead atoms. The van der Waals surface area contributed by atoms with Crippen LogP contribution in [0.1, 0.15) is 29.7 Å². The fraction of sp³-hybridized carbons (Fsp3) is 0.286. The van der Waals surface area contributed by atoms with E-state index in [4.69, 9.17) is 10.6 Å². The summed E-state index contributed by atoms with van der Waals surface area (Å²) in [7, 11) is 1.62. The van der Waals surface area contributed by atoms with E-state index in [0.717, 1.165) is 23.1 Å². The van der Waals surface area contributed by atoms with Gasteiger partial charge in [0, 0.05) is 18.6 Å². The Labute approximate surface area is 112 Å². The minimum atomic E-state index is -0.124. The van der Waals surface area contributed by atoms with Crippen LogP contribution >= 0.6 is 0 Å². The first-order valence-electron chi connectivity index (χ1n) is 6.18. The lowest BCUT2D eigenvalue weighted by atomic mass is 9.96. The highest BCUT2D eigenvalue weighted by Gasteiger charge is 2.16. The predicted molar refractivity (Wildman–Crippen MR) is 73.6 cm³/mol. The minimum absolute atomic E-state index is 0.124. The lowest BCUT2D eigenvalue weighted by molar-refractivity contribution is 0.411. The second kappa shape index (κ2) is 6.26. The number of ether oxygens (including phenoxy) is 1. The van der Waals surface area contributed by atoms with Crippen LogP contribution < -0.4 is 16.0 Å². The second-order valence-electron chi connectivity index (χ2n) is 4.19. The highest BCUT2D eigenvalue weighted by Crippen LogP contribution is 2.25. The van der Waals surface area contributed by atoms with Crippen LogP contribution in [0.5, 0.6) is 5.75 Å². The number of rotatable bonds is 5. The molecule has 0 amide bonds. The summed E-state index contributed by atoms with van der Waals surface area (Å²) < 4.78 is 5.20. The number of aryl methyl sites for hydroxylation is 1. The number of aromatic nitrogens is 2. The third-order valence-electron chi connectivity index (χ3n) is 3.10. The molecule has 5 heteroatoms. The van der Waals surface area contributed by atoms with Crippen molar-refractivity contribution in [2.24, 2.45) is 5.84 Å². The minimum Gasteiger partial charge on any atom is -0.495 e. The number of nitrogens with zero attached hydrogens (tertiary/aromatic N) is 2. The molecule has 0 aliphatic heterocycles. The van der Waals surface area contributed by atoms with Gasteiger partial charge in [-0.2, -0.15) is 0 Å². The molecule has 5 nitrogen and oxygen atoms in total. The molecular weight excluding hydrogens is 240 g/mol. The van der Waals surface area contributed by atoms with Gasteiger partial charge < -0.3 is 4.74 Å². The Morgan fingerprint density at radius 1 is 1.32 bits per heavy atom. The van der Waals surface area contributed by atoms with Gasteiger partial charge in [-0.25, -0.2) is 5.43 Å². The number of hydrogen-bond donors (Lipinski definition) is 2. The summed E-state index contributed by atoms with van der Waals surface area (Å²) in [6.07, 6.45) is 8.00. The van der Waals surface area contributed by atoms with Gasteiger partial charge >= 0.3 is 0 Å². The normalized spacial score (nSPS) is 12.2. The van der Waals surface area contributed by atoms with E-state index in [1.807, 2.05) is 18.3 Å². The van der Waals surface area contributed by atoms with Crippen molar-refractivity contribution in [1.29, 1.82) is 0 Å². The Hall–Kier alpha value is -1.98. The Morgan fingerprint density at radius 3 is 2.84 bits per heavy atom. The first-order chi connectivity index (χ1) is 9.30.